The van der Waals surface area contributed by atoms with E-state index in [9.17, 15) is 34.8 Å². The average Bonchev–Trinajstić information content (AvgIpc) is 3.93. The van der Waals surface area contributed by atoms with Crippen molar-refractivity contribution in [1.82, 2.24) is 19.9 Å². The van der Waals surface area contributed by atoms with Crippen LogP contribution >= 0.6 is 11.8 Å². The fourth-order valence-corrected chi connectivity index (χ4v) is 9.15. The number of nitrogens with one attached hydrogen (secondary N) is 2. The van der Waals surface area contributed by atoms with Crippen LogP contribution in [-0.4, -0.2) is 121 Å². The van der Waals surface area contributed by atoms with Crippen molar-refractivity contribution < 1.29 is 53.8 Å². The summed E-state index contributed by atoms with van der Waals surface area (Å²) in [6.07, 6.45) is -3.62. The molecule has 0 saturated carbocycles. The molecule has 0 aromatic carbocycles. The van der Waals surface area contributed by atoms with E-state index >= 15 is 0 Å². The Morgan fingerprint density at radius 3 is 2.33 bits per heavy atom. The molecule has 0 unspecified atom stereocenters. The minimum atomic E-state index is -1.55. The number of aliphatic hydroxyl groups excluding tert-OH is 4. The lowest BCUT2D eigenvalue weighted by Gasteiger charge is -2.39. The normalized spacial score (nSPS) is 22.6. The SMILES string of the molecule is C=Cc1c(C)c2cc3nc(c(CC(=O)OC)c4nc(cc5[nH]c(cc1[nH]2)c(C)c5CC)C(C)=C4C(=O)OC)[C@@H](CCC(=O)SCCCO[C@@H]1O[C@H](CO)[C@@H](O)[C@H](O)[C@H]1O)[C@@H]3C. The fraction of sp³-hybridized carbons (Fsp3) is 0.489. The molecule has 61 heavy (non-hydrogen) atoms. The molecule has 3 aliphatic rings. The van der Waals surface area contributed by atoms with Crippen molar-refractivity contribution in [3.8, 4) is 0 Å². The van der Waals surface area contributed by atoms with Crippen molar-refractivity contribution >= 4 is 68.1 Å². The Balaban J connectivity index is 1.40. The zero-order valence-corrected chi connectivity index (χ0v) is 36.5. The Hall–Kier alpha value is -4.68. The van der Waals surface area contributed by atoms with Gasteiger partial charge < -0.3 is 49.3 Å². The number of carbonyl (C=O) groups is 3. The maximum atomic E-state index is 13.6. The van der Waals surface area contributed by atoms with Gasteiger partial charge in [0.1, 0.15) is 24.4 Å². The van der Waals surface area contributed by atoms with Crippen LogP contribution in [0.4, 0.5) is 0 Å². The molecule has 3 aliphatic heterocycles. The highest BCUT2D eigenvalue weighted by molar-refractivity contribution is 8.13. The molecule has 0 spiro atoms. The zero-order valence-electron chi connectivity index (χ0n) is 35.7. The van der Waals surface area contributed by atoms with E-state index in [2.05, 4.69) is 36.5 Å². The van der Waals surface area contributed by atoms with E-state index in [4.69, 9.17) is 28.9 Å². The Morgan fingerprint density at radius 1 is 0.934 bits per heavy atom. The smallest absolute Gasteiger partial charge is 0.340 e. The standard InChI is InChI=1S/C45H56N4O11S/c1-9-25-21(3)29-17-31-23(5)27(12-13-37(52)61-15-11-14-59-45-43(55)42(54)41(53)35(20-50)60-45)39(48-31)28(16-36(51)57-7)40-38(44(56)58-8)24(6)32(49-40)19-34-26(10-2)22(4)30(47-34)18-33(25)46-29/h9,17-19,23,27,35,41-43,45-47,50,53-55H,1,10-16,20H2,2-8H3/t23-,27-,35+,41+,42-,43+,45+/m0/s1. The molecule has 0 radical (unpaired) electrons. The predicted octanol–water partition coefficient (Wildman–Crippen LogP) is 5.09. The maximum absolute atomic E-state index is 13.6. The molecule has 6 heterocycles. The van der Waals surface area contributed by atoms with Gasteiger partial charge in [0, 0.05) is 62.9 Å². The third-order valence-electron chi connectivity index (χ3n) is 12.0. The van der Waals surface area contributed by atoms with Gasteiger partial charge in [-0.2, -0.15) is 0 Å². The number of allylic oxidation sites excluding steroid dienone is 1. The predicted molar refractivity (Wildman–Crippen MR) is 232 cm³/mol. The first kappa shape index (κ1) is 45.8. The van der Waals surface area contributed by atoms with Gasteiger partial charge in [-0.1, -0.05) is 38.3 Å². The monoisotopic (exact) mass is 860 g/mol. The van der Waals surface area contributed by atoms with Gasteiger partial charge in [0.2, 0.25) is 0 Å². The summed E-state index contributed by atoms with van der Waals surface area (Å²) in [6.45, 7) is 13.6. The molecule has 16 heteroatoms. The quantitative estimate of drug-likeness (QED) is 0.0918. The first-order chi connectivity index (χ1) is 29.2. The van der Waals surface area contributed by atoms with Crippen LogP contribution in [0.25, 0.3) is 39.3 Å². The van der Waals surface area contributed by atoms with Gasteiger partial charge in [-0.05, 0) is 80.5 Å². The van der Waals surface area contributed by atoms with Crippen LogP contribution < -0.4 is 0 Å². The van der Waals surface area contributed by atoms with E-state index < -0.39 is 49.3 Å². The second kappa shape index (κ2) is 19.6. The topological polar surface area (TPSA) is 226 Å². The highest BCUT2D eigenvalue weighted by atomic mass is 32.2. The van der Waals surface area contributed by atoms with Gasteiger partial charge in [0.15, 0.2) is 11.4 Å². The number of fused-ring (bicyclic) bond motifs is 8. The van der Waals surface area contributed by atoms with Crippen molar-refractivity contribution in [2.24, 2.45) is 0 Å². The first-order valence-corrected chi connectivity index (χ1v) is 21.5. The third-order valence-corrected chi connectivity index (χ3v) is 13.0. The largest absolute Gasteiger partial charge is 0.469 e. The molecule has 8 bridgehead atoms. The summed E-state index contributed by atoms with van der Waals surface area (Å²) in [5.41, 5.74) is 10.8. The molecule has 3 aromatic heterocycles. The summed E-state index contributed by atoms with van der Waals surface area (Å²) >= 11 is 1.13. The minimum Gasteiger partial charge on any atom is -0.469 e. The van der Waals surface area contributed by atoms with Gasteiger partial charge in [0.05, 0.1) is 56.5 Å². The highest BCUT2D eigenvalue weighted by Crippen LogP contribution is 2.44. The number of methoxy groups -OCH3 is 2. The number of thioether (sulfide) groups is 1. The summed E-state index contributed by atoms with van der Waals surface area (Å²) < 4.78 is 21.5. The number of aliphatic hydroxyl groups is 4. The summed E-state index contributed by atoms with van der Waals surface area (Å²) in [5.74, 6) is -1.37. The van der Waals surface area contributed by atoms with Crippen LogP contribution in [0.1, 0.15) is 102 Å². The fourth-order valence-electron chi connectivity index (χ4n) is 8.40. The Kier molecular flexibility index (Phi) is 14.7. The second-order valence-electron chi connectivity index (χ2n) is 15.6. The minimum absolute atomic E-state index is 0.0812. The molecule has 328 valence electrons. The highest BCUT2D eigenvalue weighted by Gasteiger charge is 2.44. The van der Waals surface area contributed by atoms with Crippen molar-refractivity contribution in [3.05, 3.63) is 75.4 Å². The number of aromatic nitrogens is 4. The summed E-state index contributed by atoms with van der Waals surface area (Å²) in [6, 6.07) is 5.98. The number of nitrogens with zero attached hydrogens (tertiary/aromatic N) is 2. The van der Waals surface area contributed by atoms with E-state index in [0.29, 0.717) is 46.8 Å². The van der Waals surface area contributed by atoms with E-state index in [-0.39, 0.29) is 47.7 Å². The first-order valence-electron chi connectivity index (χ1n) is 20.5. The average molecular weight is 861 g/mol. The number of hydrogen-bond acceptors (Lipinski definition) is 14. The molecule has 6 N–H and O–H groups in total. The van der Waals surface area contributed by atoms with Crippen molar-refractivity contribution in [2.45, 2.75) is 109 Å². The van der Waals surface area contributed by atoms with E-state index in [1.807, 2.05) is 32.1 Å². The van der Waals surface area contributed by atoms with Gasteiger partial charge in [0.25, 0.3) is 0 Å². The third kappa shape index (κ3) is 9.26. The lowest BCUT2D eigenvalue weighted by Crippen LogP contribution is -2.59. The number of ether oxygens (including phenoxy) is 4. The van der Waals surface area contributed by atoms with Crippen molar-refractivity contribution in [2.75, 3.05) is 33.2 Å². The summed E-state index contributed by atoms with van der Waals surface area (Å²) in [5, 5.41) is 39.7. The van der Waals surface area contributed by atoms with Crippen molar-refractivity contribution in [3.63, 3.8) is 0 Å². The molecule has 3 aromatic rings. The molecular formula is C45H56N4O11S. The van der Waals surface area contributed by atoms with E-state index in [1.165, 1.54) is 14.2 Å². The molecule has 7 atom stereocenters. The number of aromatic amines is 2. The summed E-state index contributed by atoms with van der Waals surface area (Å²) in [4.78, 5) is 57.8. The van der Waals surface area contributed by atoms with E-state index in [0.717, 1.165) is 62.5 Å². The Morgan fingerprint density at radius 2 is 1.66 bits per heavy atom. The number of rotatable bonds is 14. The van der Waals surface area contributed by atoms with Crippen LogP contribution in [0.2, 0.25) is 0 Å². The van der Waals surface area contributed by atoms with Crippen LogP contribution in [0, 0.1) is 13.8 Å². The second-order valence-corrected chi connectivity index (χ2v) is 16.8. The lowest BCUT2D eigenvalue weighted by molar-refractivity contribution is -0.300. The van der Waals surface area contributed by atoms with Crippen LogP contribution in [0.15, 0.2) is 24.8 Å². The van der Waals surface area contributed by atoms with Crippen LogP contribution in [0.5, 0.6) is 0 Å². The number of hydrogen-bond donors (Lipinski definition) is 6. The molecule has 0 aliphatic carbocycles. The molecule has 1 saturated heterocycles. The molecule has 6 rings (SSSR count). The number of H-pyrrole nitrogens is 2. The maximum Gasteiger partial charge on any atom is 0.340 e. The molecule has 15 nitrogen and oxygen atoms in total. The molecule has 1 fully saturated rings. The zero-order chi connectivity index (χ0) is 44.3. The van der Waals surface area contributed by atoms with Gasteiger partial charge in [-0.3, -0.25) is 14.6 Å². The number of esters is 2. The number of aryl methyl sites for hydroxylation is 3. The van der Waals surface area contributed by atoms with Gasteiger partial charge >= 0.3 is 11.9 Å². The van der Waals surface area contributed by atoms with Crippen LogP contribution in [0.3, 0.4) is 0 Å². The number of carbonyl (C=O) groups excluding carboxylic acids is 3. The van der Waals surface area contributed by atoms with Crippen molar-refractivity contribution in [1.29, 1.82) is 0 Å². The molecule has 0 amide bonds. The summed E-state index contributed by atoms with van der Waals surface area (Å²) in [7, 11) is 2.60. The molecular weight excluding hydrogens is 805 g/mol. The van der Waals surface area contributed by atoms with Crippen LogP contribution in [-0.2, 0) is 46.2 Å². The Bertz CT molecular complexity index is 2380. The lowest BCUT2D eigenvalue weighted by atomic mass is 9.84. The van der Waals surface area contributed by atoms with E-state index in [1.54, 1.807) is 6.92 Å². The Labute approximate surface area is 358 Å². The van der Waals surface area contributed by atoms with Gasteiger partial charge in [-0.15, -0.1) is 0 Å². The van der Waals surface area contributed by atoms with Gasteiger partial charge in [-0.25, -0.2) is 9.78 Å².